The van der Waals surface area contributed by atoms with Gasteiger partial charge in [-0.15, -0.1) is 0 Å². The SMILES string of the molecule is CCNc1cc(Nc2ccc(NC(=O)c3cc(C)ccc3C)cc2)nc(C)n1. The minimum atomic E-state index is -0.108. The lowest BCUT2D eigenvalue weighted by molar-refractivity contribution is 0.102. The molecule has 28 heavy (non-hydrogen) atoms. The number of aromatic nitrogens is 2. The number of anilines is 4. The summed E-state index contributed by atoms with van der Waals surface area (Å²) in [5.41, 5.74) is 4.33. The first-order valence-corrected chi connectivity index (χ1v) is 9.30. The van der Waals surface area contributed by atoms with E-state index in [-0.39, 0.29) is 5.91 Å². The summed E-state index contributed by atoms with van der Waals surface area (Å²) in [6, 6.07) is 15.3. The third-order valence-electron chi connectivity index (χ3n) is 4.25. The number of nitrogens with zero attached hydrogens (tertiary/aromatic N) is 2. The van der Waals surface area contributed by atoms with Gasteiger partial charge < -0.3 is 16.0 Å². The Balaban J connectivity index is 1.70. The van der Waals surface area contributed by atoms with E-state index in [1.54, 1.807) is 0 Å². The fraction of sp³-hybridized carbons (Fsp3) is 0.227. The van der Waals surface area contributed by atoms with Crippen LogP contribution in [-0.4, -0.2) is 22.4 Å². The molecule has 1 heterocycles. The zero-order valence-electron chi connectivity index (χ0n) is 16.6. The van der Waals surface area contributed by atoms with Crippen molar-refractivity contribution < 1.29 is 4.79 Å². The molecule has 3 N–H and O–H groups in total. The Hall–Kier alpha value is -3.41. The molecule has 0 aliphatic heterocycles. The average molecular weight is 375 g/mol. The second kappa shape index (κ2) is 8.52. The second-order valence-corrected chi connectivity index (χ2v) is 6.69. The molecule has 0 radical (unpaired) electrons. The third-order valence-corrected chi connectivity index (χ3v) is 4.25. The Morgan fingerprint density at radius 1 is 0.893 bits per heavy atom. The molecule has 0 saturated carbocycles. The summed E-state index contributed by atoms with van der Waals surface area (Å²) < 4.78 is 0. The van der Waals surface area contributed by atoms with Crippen LogP contribution in [0.3, 0.4) is 0 Å². The van der Waals surface area contributed by atoms with E-state index in [9.17, 15) is 4.79 Å². The standard InChI is InChI=1S/C22H25N5O/c1-5-23-20-13-21(25-16(4)24-20)26-17-8-10-18(11-9-17)27-22(28)19-12-14(2)6-7-15(19)3/h6-13H,5H2,1-4H3,(H,27,28)(H2,23,24,25,26). The smallest absolute Gasteiger partial charge is 0.255 e. The van der Waals surface area contributed by atoms with E-state index < -0.39 is 0 Å². The number of aryl methyl sites for hydroxylation is 3. The molecule has 0 saturated heterocycles. The number of carbonyl (C=O) groups excluding carboxylic acids is 1. The normalized spacial score (nSPS) is 10.4. The van der Waals surface area contributed by atoms with Crippen molar-refractivity contribution in [2.75, 3.05) is 22.5 Å². The molecule has 0 aliphatic carbocycles. The van der Waals surface area contributed by atoms with E-state index in [0.29, 0.717) is 11.4 Å². The average Bonchev–Trinajstić information content (AvgIpc) is 2.65. The van der Waals surface area contributed by atoms with E-state index >= 15 is 0 Å². The topological polar surface area (TPSA) is 78.9 Å². The van der Waals surface area contributed by atoms with Gasteiger partial charge in [-0.05, 0) is 63.6 Å². The molecule has 1 aromatic heterocycles. The summed E-state index contributed by atoms with van der Waals surface area (Å²) in [4.78, 5) is 21.3. The van der Waals surface area contributed by atoms with E-state index in [0.717, 1.165) is 40.7 Å². The van der Waals surface area contributed by atoms with Gasteiger partial charge in [0.1, 0.15) is 17.5 Å². The summed E-state index contributed by atoms with van der Waals surface area (Å²) in [6.07, 6.45) is 0. The van der Waals surface area contributed by atoms with Crippen molar-refractivity contribution in [1.82, 2.24) is 9.97 Å². The number of carbonyl (C=O) groups is 1. The first-order chi connectivity index (χ1) is 13.4. The predicted molar refractivity (Wildman–Crippen MR) is 115 cm³/mol. The van der Waals surface area contributed by atoms with Crippen LogP contribution in [-0.2, 0) is 0 Å². The van der Waals surface area contributed by atoms with Crippen LogP contribution in [0.15, 0.2) is 48.5 Å². The lowest BCUT2D eigenvalue weighted by Crippen LogP contribution is -2.13. The highest BCUT2D eigenvalue weighted by Gasteiger charge is 2.10. The van der Waals surface area contributed by atoms with Crippen LogP contribution in [0.4, 0.5) is 23.0 Å². The Bertz CT molecular complexity index is 983. The maximum Gasteiger partial charge on any atom is 0.255 e. The largest absolute Gasteiger partial charge is 0.370 e. The number of amides is 1. The first-order valence-electron chi connectivity index (χ1n) is 9.30. The molecule has 1 amide bonds. The van der Waals surface area contributed by atoms with Gasteiger partial charge in [0.15, 0.2) is 0 Å². The number of hydrogen-bond acceptors (Lipinski definition) is 5. The molecule has 3 rings (SSSR count). The van der Waals surface area contributed by atoms with Crippen LogP contribution in [0.25, 0.3) is 0 Å². The van der Waals surface area contributed by atoms with Crippen LogP contribution in [0.5, 0.6) is 0 Å². The van der Waals surface area contributed by atoms with Crippen molar-refractivity contribution in [3.63, 3.8) is 0 Å². The zero-order valence-corrected chi connectivity index (χ0v) is 16.6. The summed E-state index contributed by atoms with van der Waals surface area (Å²) in [5, 5.41) is 9.41. The van der Waals surface area contributed by atoms with Gasteiger partial charge >= 0.3 is 0 Å². The molecular weight excluding hydrogens is 350 g/mol. The molecule has 0 bridgehead atoms. The molecule has 0 spiro atoms. The summed E-state index contributed by atoms with van der Waals surface area (Å²) in [7, 11) is 0. The van der Waals surface area contributed by atoms with E-state index in [2.05, 4.69) is 25.9 Å². The highest BCUT2D eigenvalue weighted by atomic mass is 16.1. The van der Waals surface area contributed by atoms with Crippen LogP contribution in [0, 0.1) is 20.8 Å². The lowest BCUT2D eigenvalue weighted by atomic mass is 10.1. The van der Waals surface area contributed by atoms with Crippen LogP contribution >= 0.6 is 0 Å². The molecule has 0 aliphatic rings. The van der Waals surface area contributed by atoms with Gasteiger partial charge in [0.2, 0.25) is 0 Å². The molecule has 3 aromatic rings. The van der Waals surface area contributed by atoms with Gasteiger partial charge in [0.25, 0.3) is 5.91 Å². The van der Waals surface area contributed by atoms with Crippen molar-refractivity contribution in [2.24, 2.45) is 0 Å². The van der Waals surface area contributed by atoms with Crippen LogP contribution < -0.4 is 16.0 Å². The highest BCUT2D eigenvalue weighted by molar-refractivity contribution is 6.05. The minimum Gasteiger partial charge on any atom is -0.370 e. The van der Waals surface area contributed by atoms with Crippen LogP contribution in [0.2, 0.25) is 0 Å². The van der Waals surface area contributed by atoms with Gasteiger partial charge in [-0.3, -0.25) is 4.79 Å². The second-order valence-electron chi connectivity index (χ2n) is 6.69. The monoisotopic (exact) mass is 375 g/mol. The molecule has 144 valence electrons. The Morgan fingerprint density at radius 3 is 2.29 bits per heavy atom. The molecule has 0 fully saturated rings. The molecule has 6 heteroatoms. The van der Waals surface area contributed by atoms with Crippen LogP contribution in [0.1, 0.15) is 34.2 Å². The van der Waals surface area contributed by atoms with E-state index in [1.165, 1.54) is 0 Å². The van der Waals surface area contributed by atoms with E-state index in [4.69, 9.17) is 0 Å². The first kappa shape index (κ1) is 19.4. The number of benzene rings is 2. The fourth-order valence-electron chi connectivity index (χ4n) is 2.87. The van der Waals surface area contributed by atoms with Gasteiger partial charge in [0, 0.05) is 29.5 Å². The maximum atomic E-state index is 12.5. The minimum absolute atomic E-state index is 0.108. The van der Waals surface area contributed by atoms with Crippen molar-refractivity contribution in [1.29, 1.82) is 0 Å². The van der Waals surface area contributed by atoms with Gasteiger partial charge in [-0.1, -0.05) is 17.7 Å². The molecular formula is C22H25N5O. The fourth-order valence-corrected chi connectivity index (χ4v) is 2.87. The maximum absolute atomic E-state index is 12.5. The van der Waals surface area contributed by atoms with Crippen molar-refractivity contribution in [3.8, 4) is 0 Å². The Kier molecular flexibility index (Phi) is 5.89. The number of nitrogens with one attached hydrogen (secondary N) is 3. The van der Waals surface area contributed by atoms with Gasteiger partial charge in [0.05, 0.1) is 0 Å². The summed E-state index contributed by atoms with van der Waals surface area (Å²) in [5.74, 6) is 2.09. The number of rotatable bonds is 6. The van der Waals surface area contributed by atoms with E-state index in [1.807, 2.05) is 76.2 Å². The summed E-state index contributed by atoms with van der Waals surface area (Å²) >= 11 is 0. The molecule has 6 nitrogen and oxygen atoms in total. The highest BCUT2D eigenvalue weighted by Crippen LogP contribution is 2.20. The molecule has 0 unspecified atom stereocenters. The molecule has 0 atom stereocenters. The van der Waals surface area contributed by atoms with Crippen molar-refractivity contribution >= 4 is 28.9 Å². The zero-order chi connectivity index (χ0) is 20.1. The van der Waals surface area contributed by atoms with Gasteiger partial charge in [-0.25, -0.2) is 9.97 Å². The number of hydrogen-bond donors (Lipinski definition) is 3. The van der Waals surface area contributed by atoms with Crippen molar-refractivity contribution in [2.45, 2.75) is 27.7 Å². The van der Waals surface area contributed by atoms with Crippen molar-refractivity contribution in [3.05, 3.63) is 71.0 Å². The quantitative estimate of drug-likeness (QED) is 0.575. The Morgan fingerprint density at radius 2 is 1.57 bits per heavy atom. The Labute approximate surface area is 165 Å². The summed E-state index contributed by atoms with van der Waals surface area (Å²) in [6.45, 7) is 8.60. The molecule has 2 aromatic carbocycles. The predicted octanol–water partition coefficient (Wildman–Crippen LogP) is 4.83. The van der Waals surface area contributed by atoms with Gasteiger partial charge in [-0.2, -0.15) is 0 Å². The lowest BCUT2D eigenvalue weighted by Gasteiger charge is -2.11. The third kappa shape index (κ3) is 4.85.